The van der Waals surface area contributed by atoms with Gasteiger partial charge in [0, 0.05) is 42.3 Å². The second-order valence-electron chi connectivity index (χ2n) is 9.12. The lowest BCUT2D eigenvalue weighted by Crippen LogP contribution is -2.33. The summed E-state index contributed by atoms with van der Waals surface area (Å²) in [6.07, 6.45) is 6.21. The largest absolute Gasteiger partial charge is 0.507 e. The predicted molar refractivity (Wildman–Crippen MR) is 129 cm³/mol. The lowest BCUT2D eigenvalue weighted by atomic mass is 9.99. The molecule has 6 nitrogen and oxygen atoms in total. The fraction of sp³-hybridized carbons (Fsp3) is 0.370. The number of phenolic OH excluding ortho intramolecular Hbond substituents is 1. The summed E-state index contributed by atoms with van der Waals surface area (Å²) in [4.78, 5) is 15.6. The number of carbonyl (C=O) groups is 1. The molecule has 1 N–H and O–H groups in total. The van der Waals surface area contributed by atoms with Gasteiger partial charge in [-0.2, -0.15) is 0 Å². The Kier molecular flexibility index (Phi) is 5.62. The summed E-state index contributed by atoms with van der Waals surface area (Å²) in [5.74, 6) is 2.18. The highest BCUT2D eigenvalue weighted by Gasteiger charge is 2.32. The third kappa shape index (κ3) is 3.89. The number of methoxy groups -OCH3 is 1. The number of aryl methyl sites for hydroxylation is 1. The van der Waals surface area contributed by atoms with Gasteiger partial charge in [-0.15, -0.1) is 0 Å². The first-order valence-electron chi connectivity index (χ1n) is 11.7. The van der Waals surface area contributed by atoms with Crippen LogP contribution >= 0.6 is 0 Å². The van der Waals surface area contributed by atoms with Crippen molar-refractivity contribution in [3.63, 3.8) is 0 Å². The van der Waals surface area contributed by atoms with Crippen molar-refractivity contribution < 1.29 is 19.4 Å². The summed E-state index contributed by atoms with van der Waals surface area (Å²) in [6, 6.07) is 9.22. The molecular formula is C27H30N2O4. The zero-order valence-electron chi connectivity index (χ0n) is 19.4. The highest BCUT2D eigenvalue weighted by Crippen LogP contribution is 2.41. The molecule has 0 unspecified atom stereocenters. The Hall–Kier alpha value is -3.25. The first-order valence-corrected chi connectivity index (χ1v) is 11.7. The summed E-state index contributed by atoms with van der Waals surface area (Å²) >= 11 is 0. The molecule has 0 bridgehead atoms. The Balaban J connectivity index is 1.52. The zero-order valence-corrected chi connectivity index (χ0v) is 19.4. The number of ether oxygens (including phenoxy) is 2. The van der Waals surface area contributed by atoms with E-state index in [4.69, 9.17) is 9.47 Å². The van der Waals surface area contributed by atoms with Crippen molar-refractivity contribution in [2.45, 2.75) is 39.8 Å². The van der Waals surface area contributed by atoms with Crippen LogP contribution in [0.5, 0.6) is 17.2 Å². The van der Waals surface area contributed by atoms with E-state index in [1.807, 2.05) is 24.4 Å². The van der Waals surface area contributed by atoms with E-state index in [0.717, 1.165) is 48.3 Å². The fourth-order valence-electron chi connectivity index (χ4n) is 5.05. The van der Waals surface area contributed by atoms with Crippen LogP contribution in [0.4, 0.5) is 0 Å². The van der Waals surface area contributed by atoms with Crippen LogP contribution in [0.15, 0.2) is 42.3 Å². The third-order valence-electron chi connectivity index (χ3n) is 6.79. The maximum Gasteiger partial charge on any atom is 0.231 e. The smallest absolute Gasteiger partial charge is 0.231 e. The summed E-state index contributed by atoms with van der Waals surface area (Å²) in [7, 11) is 1.65. The van der Waals surface area contributed by atoms with Gasteiger partial charge in [0.2, 0.25) is 5.78 Å². The number of Topliss-reactive ketones (excluding diaryl/α,β-unsaturated/α-hetero) is 1. The van der Waals surface area contributed by atoms with Crippen molar-refractivity contribution in [2.24, 2.45) is 5.92 Å². The van der Waals surface area contributed by atoms with Crippen molar-refractivity contribution in [1.29, 1.82) is 0 Å². The zero-order chi connectivity index (χ0) is 23.1. The number of rotatable bonds is 5. The van der Waals surface area contributed by atoms with Crippen LogP contribution in [0.3, 0.4) is 0 Å². The van der Waals surface area contributed by atoms with E-state index in [-0.39, 0.29) is 17.3 Å². The maximum absolute atomic E-state index is 13.2. The summed E-state index contributed by atoms with van der Waals surface area (Å²) in [6.45, 7) is 7.70. The molecular weight excluding hydrogens is 416 g/mol. The molecule has 0 amide bonds. The van der Waals surface area contributed by atoms with Gasteiger partial charge < -0.3 is 19.1 Å². The molecule has 1 aromatic heterocycles. The minimum atomic E-state index is -0.154. The Morgan fingerprint density at radius 3 is 2.88 bits per heavy atom. The van der Waals surface area contributed by atoms with Crippen LogP contribution in [-0.4, -0.2) is 40.6 Å². The van der Waals surface area contributed by atoms with E-state index in [9.17, 15) is 9.90 Å². The number of carbonyl (C=O) groups excluding carboxylic acids is 1. The van der Waals surface area contributed by atoms with Crippen LogP contribution in [0.2, 0.25) is 0 Å². The standard InChI is InChI=1S/C27H30N2O4/c1-4-29-15-18(21-13-19(32-3)7-9-23(21)29)12-25-26(31)20-8-10-24(30)22(27(20)33-25)16-28-11-5-6-17(2)14-28/h7-10,12-13,15,17,30H,4-6,11,14,16H2,1-3H3/b25-12-/t17-/m1/s1. The van der Waals surface area contributed by atoms with E-state index in [1.165, 1.54) is 6.42 Å². The van der Waals surface area contributed by atoms with Crippen molar-refractivity contribution in [3.05, 3.63) is 59.0 Å². The van der Waals surface area contributed by atoms with Gasteiger partial charge in [-0.05, 0) is 68.6 Å². The van der Waals surface area contributed by atoms with Gasteiger partial charge in [0.05, 0.1) is 18.2 Å². The lowest BCUT2D eigenvalue weighted by molar-refractivity contribution is 0.101. The van der Waals surface area contributed by atoms with Crippen LogP contribution in [0, 0.1) is 5.92 Å². The number of aromatic nitrogens is 1. The molecule has 2 aromatic carbocycles. The third-order valence-corrected chi connectivity index (χ3v) is 6.79. The molecule has 172 valence electrons. The van der Waals surface area contributed by atoms with E-state index in [0.29, 0.717) is 29.3 Å². The lowest BCUT2D eigenvalue weighted by Gasteiger charge is -2.31. The van der Waals surface area contributed by atoms with Crippen molar-refractivity contribution in [1.82, 2.24) is 9.47 Å². The van der Waals surface area contributed by atoms with Gasteiger partial charge in [0.15, 0.2) is 5.76 Å². The molecule has 0 aliphatic carbocycles. The number of nitrogens with zero attached hydrogens (tertiary/aromatic N) is 2. The van der Waals surface area contributed by atoms with Crippen LogP contribution in [0.25, 0.3) is 17.0 Å². The average molecular weight is 447 g/mol. The molecule has 0 spiro atoms. The second kappa shape index (κ2) is 8.60. The van der Waals surface area contributed by atoms with E-state index in [2.05, 4.69) is 23.3 Å². The monoisotopic (exact) mass is 446 g/mol. The molecule has 3 heterocycles. The van der Waals surface area contributed by atoms with Crippen molar-refractivity contribution in [2.75, 3.05) is 20.2 Å². The Bertz CT molecular complexity index is 1260. The Morgan fingerprint density at radius 1 is 1.27 bits per heavy atom. The SMILES string of the molecule is CCn1cc(/C=C2\Oc3c(ccc(O)c3CN3CCC[C@@H](C)C3)C2=O)c2cc(OC)ccc21. The van der Waals surface area contributed by atoms with Crippen LogP contribution in [0.1, 0.15) is 48.2 Å². The molecule has 1 atom stereocenters. The van der Waals surface area contributed by atoms with Gasteiger partial charge in [-0.3, -0.25) is 9.69 Å². The molecule has 2 aliphatic heterocycles. The number of hydrogen-bond donors (Lipinski definition) is 1. The molecule has 6 heteroatoms. The number of piperidine rings is 1. The normalized spacial score (nSPS) is 19.8. The maximum atomic E-state index is 13.2. The van der Waals surface area contributed by atoms with Crippen LogP contribution < -0.4 is 9.47 Å². The highest BCUT2D eigenvalue weighted by atomic mass is 16.5. The number of ketones is 1. The Labute approximate surface area is 194 Å². The van der Waals surface area contributed by atoms with E-state index < -0.39 is 0 Å². The molecule has 1 saturated heterocycles. The summed E-state index contributed by atoms with van der Waals surface area (Å²) in [5.41, 5.74) is 3.18. The second-order valence-corrected chi connectivity index (χ2v) is 9.12. The first-order chi connectivity index (χ1) is 16.0. The van der Waals surface area contributed by atoms with Gasteiger partial charge in [-0.25, -0.2) is 0 Å². The number of hydrogen-bond acceptors (Lipinski definition) is 5. The van der Waals surface area contributed by atoms with Gasteiger partial charge in [0.25, 0.3) is 0 Å². The summed E-state index contributed by atoms with van der Waals surface area (Å²) < 4.78 is 13.7. The minimum absolute atomic E-state index is 0.154. The number of aromatic hydroxyl groups is 1. The summed E-state index contributed by atoms with van der Waals surface area (Å²) in [5, 5.41) is 11.6. The van der Waals surface area contributed by atoms with E-state index >= 15 is 0 Å². The molecule has 3 aromatic rings. The number of allylic oxidation sites excluding steroid dienone is 1. The van der Waals surface area contributed by atoms with Gasteiger partial charge in [0.1, 0.15) is 17.2 Å². The average Bonchev–Trinajstić information content (AvgIpc) is 3.33. The fourth-order valence-corrected chi connectivity index (χ4v) is 5.05. The molecule has 33 heavy (non-hydrogen) atoms. The molecule has 1 fully saturated rings. The molecule has 2 aliphatic rings. The van der Waals surface area contributed by atoms with Gasteiger partial charge in [-0.1, -0.05) is 6.92 Å². The van der Waals surface area contributed by atoms with Crippen molar-refractivity contribution >= 4 is 22.8 Å². The van der Waals surface area contributed by atoms with E-state index in [1.54, 1.807) is 25.3 Å². The Morgan fingerprint density at radius 2 is 2.12 bits per heavy atom. The molecule has 0 saturated carbocycles. The van der Waals surface area contributed by atoms with Crippen molar-refractivity contribution in [3.8, 4) is 17.2 Å². The topological polar surface area (TPSA) is 63.9 Å². The predicted octanol–water partition coefficient (Wildman–Crippen LogP) is 5.22. The highest BCUT2D eigenvalue weighted by molar-refractivity contribution is 6.15. The molecule has 5 rings (SSSR count). The first kappa shape index (κ1) is 21.6. The number of likely N-dealkylation sites (tertiary alicyclic amines) is 1. The number of fused-ring (bicyclic) bond motifs is 2. The minimum Gasteiger partial charge on any atom is -0.507 e. The van der Waals surface area contributed by atoms with Gasteiger partial charge >= 0.3 is 0 Å². The number of phenols is 1. The number of benzene rings is 2. The quantitative estimate of drug-likeness (QED) is 0.544. The molecule has 0 radical (unpaired) electrons. The van der Waals surface area contributed by atoms with Crippen LogP contribution in [-0.2, 0) is 13.1 Å².